The van der Waals surface area contributed by atoms with Gasteiger partial charge in [0.25, 0.3) is 0 Å². The SMILES string of the molecule is CCOC(=O)[C@@H]1C(=O)C2=C([C@H](C(=O)OCC)[C@@H]1c1ccccc1)[C@@H]1C(C)=NN(c3ccccc3)[C@H]1N[C@H]2c1ccc(O)cc1. The number of esters is 2. The van der Waals surface area contributed by atoms with Crippen molar-refractivity contribution in [2.75, 3.05) is 18.2 Å². The summed E-state index contributed by atoms with van der Waals surface area (Å²) in [4.78, 5) is 42.7. The lowest BCUT2D eigenvalue weighted by Crippen LogP contribution is -2.57. The van der Waals surface area contributed by atoms with Crippen molar-refractivity contribution in [3.05, 3.63) is 107 Å². The standard InChI is InChI=1S/C35H35N3O6/c1-4-43-34(41)28-26(21-12-8-6-9-13-21)30(35(42)44-5-2)32(40)29-27(28)25-20(3)37-38(23-14-10-7-11-15-23)33(25)36-31(29)22-16-18-24(39)19-17-22/h6-19,25-26,28,30-31,33,36,39H,4-5H2,1-3H3/t25-,26-,28+,30-,31-,33+/m0/s1. The van der Waals surface area contributed by atoms with Gasteiger partial charge in [-0.2, -0.15) is 5.10 Å². The first-order valence-electron chi connectivity index (χ1n) is 15.0. The number of aromatic hydroxyl groups is 1. The number of hydrogen-bond donors (Lipinski definition) is 2. The lowest BCUT2D eigenvalue weighted by molar-refractivity contribution is -0.156. The largest absolute Gasteiger partial charge is 0.508 e. The van der Waals surface area contributed by atoms with Crippen LogP contribution in [0.2, 0.25) is 0 Å². The molecule has 2 aliphatic heterocycles. The minimum absolute atomic E-state index is 0.0792. The Balaban J connectivity index is 1.63. The van der Waals surface area contributed by atoms with E-state index in [1.807, 2.05) is 72.6 Å². The van der Waals surface area contributed by atoms with Gasteiger partial charge in [-0.15, -0.1) is 0 Å². The number of phenolic OH excluding ortho intramolecular Hbond substituents is 1. The van der Waals surface area contributed by atoms with E-state index >= 15 is 0 Å². The highest BCUT2D eigenvalue weighted by molar-refractivity contribution is 6.14. The number of nitrogens with zero attached hydrogens (tertiary/aromatic N) is 2. The molecule has 0 saturated heterocycles. The van der Waals surface area contributed by atoms with E-state index in [1.54, 1.807) is 38.1 Å². The quantitative estimate of drug-likeness (QED) is 0.294. The zero-order chi connectivity index (χ0) is 31.0. The summed E-state index contributed by atoms with van der Waals surface area (Å²) in [6.07, 6.45) is -0.449. The summed E-state index contributed by atoms with van der Waals surface area (Å²) in [5.74, 6) is -5.06. The molecule has 226 valence electrons. The summed E-state index contributed by atoms with van der Waals surface area (Å²) in [5.41, 5.74) is 3.88. The molecule has 6 atom stereocenters. The Kier molecular flexibility index (Phi) is 8.05. The van der Waals surface area contributed by atoms with E-state index in [0.717, 1.165) is 11.4 Å². The Hall–Kier alpha value is -4.76. The zero-order valence-corrected chi connectivity index (χ0v) is 24.8. The van der Waals surface area contributed by atoms with Crippen LogP contribution in [0.1, 0.15) is 43.9 Å². The first kappa shape index (κ1) is 29.3. The molecule has 0 saturated carbocycles. The lowest BCUT2D eigenvalue weighted by Gasteiger charge is -2.47. The predicted molar refractivity (Wildman–Crippen MR) is 165 cm³/mol. The molecular formula is C35H35N3O6. The fourth-order valence-corrected chi connectivity index (χ4v) is 6.96. The zero-order valence-electron chi connectivity index (χ0n) is 24.8. The molecular weight excluding hydrogens is 558 g/mol. The smallest absolute Gasteiger partial charge is 0.317 e. The van der Waals surface area contributed by atoms with Gasteiger partial charge in [-0.25, -0.2) is 5.01 Å². The number of anilines is 1. The van der Waals surface area contributed by atoms with E-state index in [-0.39, 0.29) is 19.0 Å². The molecule has 0 amide bonds. The van der Waals surface area contributed by atoms with Crippen LogP contribution in [0.15, 0.2) is 101 Å². The number of ether oxygens (including phenoxy) is 2. The van der Waals surface area contributed by atoms with Crippen molar-refractivity contribution in [3.63, 3.8) is 0 Å². The Morgan fingerprint density at radius 1 is 0.841 bits per heavy atom. The molecule has 2 N–H and O–H groups in total. The number of ketones is 1. The number of fused-ring (bicyclic) bond motifs is 2. The highest BCUT2D eigenvalue weighted by Crippen LogP contribution is 2.54. The highest BCUT2D eigenvalue weighted by Gasteiger charge is 2.59. The first-order valence-corrected chi connectivity index (χ1v) is 15.0. The van der Waals surface area contributed by atoms with Crippen molar-refractivity contribution in [2.45, 2.75) is 38.9 Å². The second-order valence-corrected chi connectivity index (χ2v) is 11.2. The van der Waals surface area contributed by atoms with Gasteiger partial charge in [0.15, 0.2) is 5.78 Å². The predicted octanol–water partition coefficient (Wildman–Crippen LogP) is 4.90. The summed E-state index contributed by atoms with van der Waals surface area (Å²) in [6.45, 7) is 5.55. The fourth-order valence-electron chi connectivity index (χ4n) is 6.96. The van der Waals surface area contributed by atoms with Crippen LogP contribution in [0.3, 0.4) is 0 Å². The van der Waals surface area contributed by atoms with Crippen LogP contribution >= 0.6 is 0 Å². The average Bonchev–Trinajstić information content (AvgIpc) is 3.37. The average molecular weight is 594 g/mol. The molecule has 9 nitrogen and oxygen atoms in total. The molecule has 9 heteroatoms. The molecule has 0 aromatic heterocycles. The molecule has 0 bridgehead atoms. The first-order chi connectivity index (χ1) is 21.3. The molecule has 0 unspecified atom stereocenters. The number of hydrogen-bond acceptors (Lipinski definition) is 9. The molecule has 6 rings (SSSR count). The van der Waals surface area contributed by atoms with Crippen molar-refractivity contribution < 1.29 is 29.0 Å². The number of hydrazone groups is 1. The molecule has 1 aliphatic carbocycles. The van der Waals surface area contributed by atoms with E-state index in [4.69, 9.17) is 14.6 Å². The highest BCUT2D eigenvalue weighted by atomic mass is 16.5. The number of phenols is 1. The van der Waals surface area contributed by atoms with Crippen molar-refractivity contribution >= 4 is 29.1 Å². The van der Waals surface area contributed by atoms with Crippen LogP contribution in [0.5, 0.6) is 5.75 Å². The van der Waals surface area contributed by atoms with E-state index in [2.05, 4.69) is 5.32 Å². The van der Waals surface area contributed by atoms with E-state index in [9.17, 15) is 19.5 Å². The van der Waals surface area contributed by atoms with E-state index in [1.165, 1.54) is 0 Å². The number of para-hydroxylation sites is 1. The maximum Gasteiger partial charge on any atom is 0.317 e. The number of Topliss-reactive ketones (excluding diaryl/α,β-unsaturated/α-hetero) is 1. The van der Waals surface area contributed by atoms with E-state index in [0.29, 0.717) is 22.3 Å². The Morgan fingerprint density at radius 3 is 2.05 bits per heavy atom. The van der Waals surface area contributed by atoms with Gasteiger partial charge >= 0.3 is 11.9 Å². The van der Waals surface area contributed by atoms with Crippen LogP contribution < -0.4 is 10.3 Å². The Labute approximate surface area is 256 Å². The van der Waals surface area contributed by atoms with Gasteiger partial charge in [0.2, 0.25) is 0 Å². The summed E-state index contributed by atoms with van der Waals surface area (Å²) < 4.78 is 11.2. The topological polar surface area (TPSA) is 118 Å². The van der Waals surface area contributed by atoms with Crippen LogP contribution in [-0.4, -0.2) is 47.9 Å². The molecule has 3 aliphatic rings. The summed E-state index contributed by atoms with van der Waals surface area (Å²) in [6, 6.07) is 24.8. The molecule has 0 fully saturated rings. The van der Waals surface area contributed by atoms with Crippen molar-refractivity contribution in [2.24, 2.45) is 22.9 Å². The number of carbonyl (C=O) groups excluding carboxylic acids is 3. The fraction of sp³-hybridized carbons (Fsp3) is 0.314. The van der Waals surface area contributed by atoms with Gasteiger partial charge in [-0.3, -0.25) is 19.7 Å². The second-order valence-electron chi connectivity index (χ2n) is 11.2. The monoisotopic (exact) mass is 593 g/mol. The van der Waals surface area contributed by atoms with Crippen molar-refractivity contribution in [3.8, 4) is 5.75 Å². The molecule has 0 spiro atoms. The third-order valence-electron chi connectivity index (χ3n) is 8.68. The number of rotatable bonds is 7. The summed E-state index contributed by atoms with van der Waals surface area (Å²) in [5, 5.41) is 20.5. The van der Waals surface area contributed by atoms with Crippen LogP contribution in [-0.2, 0) is 23.9 Å². The number of benzene rings is 3. The van der Waals surface area contributed by atoms with Gasteiger partial charge in [-0.1, -0.05) is 60.7 Å². The molecule has 0 radical (unpaired) electrons. The van der Waals surface area contributed by atoms with Gasteiger partial charge < -0.3 is 14.6 Å². The number of carbonyl (C=O) groups is 3. The van der Waals surface area contributed by atoms with E-state index < -0.39 is 53.6 Å². The molecule has 3 aromatic rings. The van der Waals surface area contributed by atoms with Crippen molar-refractivity contribution in [1.82, 2.24) is 5.32 Å². The van der Waals surface area contributed by atoms with Gasteiger partial charge in [0.05, 0.1) is 36.8 Å². The molecule has 44 heavy (non-hydrogen) atoms. The maximum absolute atomic E-state index is 14.8. The summed E-state index contributed by atoms with van der Waals surface area (Å²) in [7, 11) is 0. The van der Waals surface area contributed by atoms with Crippen molar-refractivity contribution in [1.29, 1.82) is 0 Å². The minimum Gasteiger partial charge on any atom is -0.508 e. The normalized spacial score (nSPS) is 26.0. The second kappa shape index (κ2) is 12.1. The lowest BCUT2D eigenvalue weighted by atomic mass is 9.59. The Morgan fingerprint density at radius 2 is 1.43 bits per heavy atom. The van der Waals surface area contributed by atoms with Gasteiger partial charge in [-0.05, 0) is 61.7 Å². The molecule has 2 heterocycles. The maximum atomic E-state index is 14.8. The van der Waals surface area contributed by atoms with Gasteiger partial charge in [0, 0.05) is 17.2 Å². The van der Waals surface area contributed by atoms with Crippen LogP contribution in [0, 0.1) is 17.8 Å². The Bertz CT molecular complexity index is 1620. The van der Waals surface area contributed by atoms with Crippen LogP contribution in [0.4, 0.5) is 5.69 Å². The minimum atomic E-state index is -1.27. The van der Waals surface area contributed by atoms with Gasteiger partial charge in [0.1, 0.15) is 17.8 Å². The third-order valence-corrected chi connectivity index (χ3v) is 8.68. The number of nitrogens with one attached hydrogen (secondary N) is 1. The third kappa shape index (κ3) is 4.97. The molecule has 3 aromatic carbocycles. The summed E-state index contributed by atoms with van der Waals surface area (Å²) >= 11 is 0. The van der Waals surface area contributed by atoms with Crippen LogP contribution in [0.25, 0.3) is 0 Å².